The highest BCUT2D eigenvalue weighted by Crippen LogP contribution is 2.29. The van der Waals surface area contributed by atoms with E-state index in [2.05, 4.69) is 27.3 Å². The van der Waals surface area contributed by atoms with Crippen LogP contribution in [0.25, 0.3) is 11.5 Å². The fourth-order valence-corrected chi connectivity index (χ4v) is 2.56. The number of nitrogens with zero attached hydrogens (tertiary/aromatic N) is 3. The molecule has 0 saturated carbocycles. The Balaban J connectivity index is 1.73. The number of rotatable bonds is 4. The van der Waals surface area contributed by atoms with Gasteiger partial charge >= 0.3 is 0 Å². The summed E-state index contributed by atoms with van der Waals surface area (Å²) < 4.78 is 5.60. The second kappa shape index (κ2) is 6.07. The van der Waals surface area contributed by atoms with E-state index >= 15 is 0 Å². The molecule has 100 valence electrons. The molecule has 0 bridgehead atoms. The molecule has 0 N–H and O–H groups in total. The highest BCUT2D eigenvalue weighted by molar-refractivity contribution is 7.98. The third-order valence-electron chi connectivity index (χ3n) is 2.61. The van der Waals surface area contributed by atoms with Crippen LogP contribution in [0.5, 0.6) is 0 Å². The Morgan fingerprint density at radius 3 is 2.75 bits per heavy atom. The van der Waals surface area contributed by atoms with Crippen molar-refractivity contribution in [3.8, 4) is 11.5 Å². The predicted molar refractivity (Wildman–Crippen MR) is 78.5 cm³/mol. The summed E-state index contributed by atoms with van der Waals surface area (Å²) in [5.74, 6) is 1.19. The summed E-state index contributed by atoms with van der Waals surface area (Å²) in [6.45, 7) is 0. The first-order valence-corrected chi connectivity index (χ1v) is 7.29. The van der Waals surface area contributed by atoms with Crippen LogP contribution in [0.1, 0.15) is 5.56 Å². The van der Waals surface area contributed by atoms with Gasteiger partial charge in [0.1, 0.15) is 0 Å². The SMILES string of the molecule is Clc1cnccc1-c1nnc(SCc2ccccc2)o1. The third kappa shape index (κ3) is 3.00. The van der Waals surface area contributed by atoms with Gasteiger partial charge in [0, 0.05) is 18.1 Å². The minimum atomic E-state index is 0.410. The molecule has 0 atom stereocenters. The van der Waals surface area contributed by atoms with E-state index in [1.54, 1.807) is 18.5 Å². The number of hydrogen-bond acceptors (Lipinski definition) is 5. The normalized spacial score (nSPS) is 10.7. The molecule has 3 rings (SSSR count). The van der Waals surface area contributed by atoms with Gasteiger partial charge in [0.2, 0.25) is 5.89 Å². The van der Waals surface area contributed by atoms with E-state index in [1.165, 1.54) is 17.3 Å². The highest BCUT2D eigenvalue weighted by atomic mass is 35.5. The van der Waals surface area contributed by atoms with Gasteiger partial charge < -0.3 is 4.42 Å². The molecule has 0 unspecified atom stereocenters. The highest BCUT2D eigenvalue weighted by Gasteiger charge is 2.12. The van der Waals surface area contributed by atoms with Gasteiger partial charge in [0.15, 0.2) is 0 Å². The molecule has 1 aromatic carbocycles. The molecule has 2 heterocycles. The van der Waals surface area contributed by atoms with Gasteiger partial charge in [-0.1, -0.05) is 53.7 Å². The first kappa shape index (κ1) is 13.1. The van der Waals surface area contributed by atoms with E-state index in [0.717, 1.165) is 5.75 Å². The molecule has 0 saturated heterocycles. The molecule has 0 fully saturated rings. The molecular weight excluding hydrogens is 294 g/mol. The lowest BCUT2D eigenvalue weighted by Gasteiger charge is -1.97. The maximum Gasteiger partial charge on any atom is 0.277 e. The van der Waals surface area contributed by atoms with Crippen LogP contribution in [-0.4, -0.2) is 15.2 Å². The third-order valence-corrected chi connectivity index (χ3v) is 3.81. The van der Waals surface area contributed by atoms with Crippen LogP contribution in [0.4, 0.5) is 0 Å². The van der Waals surface area contributed by atoms with E-state index in [1.807, 2.05) is 18.2 Å². The lowest BCUT2D eigenvalue weighted by Crippen LogP contribution is -1.80. The molecule has 0 aliphatic heterocycles. The number of halogens is 1. The van der Waals surface area contributed by atoms with Crippen molar-refractivity contribution in [2.45, 2.75) is 11.0 Å². The van der Waals surface area contributed by atoms with Crippen LogP contribution >= 0.6 is 23.4 Å². The minimum Gasteiger partial charge on any atom is -0.411 e. The van der Waals surface area contributed by atoms with Crippen molar-refractivity contribution in [2.75, 3.05) is 0 Å². The van der Waals surface area contributed by atoms with Crippen molar-refractivity contribution in [1.29, 1.82) is 0 Å². The fraction of sp³-hybridized carbons (Fsp3) is 0.0714. The minimum absolute atomic E-state index is 0.410. The second-order valence-corrected chi connectivity index (χ2v) is 5.34. The maximum atomic E-state index is 6.04. The molecule has 0 radical (unpaired) electrons. The quantitative estimate of drug-likeness (QED) is 0.680. The molecule has 6 heteroatoms. The van der Waals surface area contributed by atoms with Crippen LogP contribution in [0.15, 0.2) is 58.4 Å². The van der Waals surface area contributed by atoms with Gasteiger partial charge in [0.25, 0.3) is 5.22 Å². The molecule has 0 amide bonds. The van der Waals surface area contributed by atoms with Crippen molar-refractivity contribution in [1.82, 2.24) is 15.2 Å². The van der Waals surface area contributed by atoms with Gasteiger partial charge in [-0.2, -0.15) is 0 Å². The first-order valence-electron chi connectivity index (χ1n) is 5.93. The Hall–Kier alpha value is -1.85. The van der Waals surface area contributed by atoms with E-state index in [9.17, 15) is 0 Å². The Labute approximate surface area is 125 Å². The molecular formula is C14H10ClN3OS. The van der Waals surface area contributed by atoms with Crippen molar-refractivity contribution in [3.05, 3.63) is 59.4 Å². The Morgan fingerprint density at radius 2 is 1.95 bits per heavy atom. The van der Waals surface area contributed by atoms with Gasteiger partial charge in [0.05, 0.1) is 10.6 Å². The van der Waals surface area contributed by atoms with Gasteiger partial charge in [-0.05, 0) is 11.6 Å². The summed E-state index contributed by atoms with van der Waals surface area (Å²) in [6.07, 6.45) is 3.19. The van der Waals surface area contributed by atoms with E-state index in [-0.39, 0.29) is 0 Å². The Morgan fingerprint density at radius 1 is 1.10 bits per heavy atom. The van der Waals surface area contributed by atoms with Gasteiger partial charge in [-0.3, -0.25) is 4.98 Å². The summed E-state index contributed by atoms with van der Waals surface area (Å²) in [6, 6.07) is 11.9. The van der Waals surface area contributed by atoms with E-state index in [4.69, 9.17) is 16.0 Å². The van der Waals surface area contributed by atoms with Crippen molar-refractivity contribution >= 4 is 23.4 Å². The topological polar surface area (TPSA) is 51.8 Å². The van der Waals surface area contributed by atoms with Crippen LogP contribution in [0.3, 0.4) is 0 Å². The smallest absolute Gasteiger partial charge is 0.277 e. The number of benzene rings is 1. The Bertz CT molecular complexity index is 702. The van der Waals surface area contributed by atoms with Crippen molar-refractivity contribution in [2.24, 2.45) is 0 Å². The van der Waals surface area contributed by atoms with Crippen molar-refractivity contribution in [3.63, 3.8) is 0 Å². The van der Waals surface area contributed by atoms with E-state index in [0.29, 0.717) is 21.7 Å². The standard InChI is InChI=1S/C14H10ClN3OS/c15-12-8-16-7-6-11(12)13-17-18-14(19-13)20-9-10-4-2-1-3-5-10/h1-8H,9H2. The summed E-state index contributed by atoms with van der Waals surface area (Å²) >= 11 is 7.54. The fourth-order valence-electron chi connectivity index (χ4n) is 1.64. The average Bonchev–Trinajstić information content (AvgIpc) is 2.95. The number of aromatic nitrogens is 3. The van der Waals surface area contributed by atoms with Crippen LogP contribution in [0, 0.1) is 0 Å². The van der Waals surface area contributed by atoms with E-state index < -0.39 is 0 Å². The zero-order valence-electron chi connectivity index (χ0n) is 10.4. The molecule has 0 aliphatic rings. The molecule has 3 aromatic rings. The van der Waals surface area contributed by atoms with Crippen LogP contribution in [0.2, 0.25) is 5.02 Å². The monoisotopic (exact) mass is 303 g/mol. The summed E-state index contributed by atoms with van der Waals surface area (Å²) in [4.78, 5) is 3.93. The molecule has 2 aromatic heterocycles. The van der Waals surface area contributed by atoms with Crippen LogP contribution < -0.4 is 0 Å². The lowest BCUT2D eigenvalue weighted by molar-refractivity contribution is 0.466. The maximum absolute atomic E-state index is 6.04. The number of thioether (sulfide) groups is 1. The van der Waals surface area contributed by atoms with Crippen LogP contribution in [-0.2, 0) is 5.75 Å². The molecule has 0 spiro atoms. The molecule has 0 aliphatic carbocycles. The Kier molecular flexibility index (Phi) is 3.99. The zero-order chi connectivity index (χ0) is 13.8. The summed E-state index contributed by atoms with van der Waals surface area (Å²) in [7, 11) is 0. The lowest BCUT2D eigenvalue weighted by atomic mass is 10.2. The number of hydrogen-bond donors (Lipinski definition) is 0. The van der Waals surface area contributed by atoms with Gasteiger partial charge in [-0.25, -0.2) is 0 Å². The average molecular weight is 304 g/mol. The number of pyridine rings is 1. The largest absolute Gasteiger partial charge is 0.411 e. The zero-order valence-corrected chi connectivity index (χ0v) is 11.9. The van der Waals surface area contributed by atoms with Crippen molar-refractivity contribution < 1.29 is 4.42 Å². The molecule has 20 heavy (non-hydrogen) atoms. The summed E-state index contributed by atoms with van der Waals surface area (Å²) in [5.41, 5.74) is 1.90. The first-order chi connectivity index (χ1) is 9.83. The van der Waals surface area contributed by atoms with Gasteiger partial charge in [-0.15, -0.1) is 10.2 Å². The second-order valence-electron chi connectivity index (χ2n) is 4.00. The predicted octanol–water partition coefficient (Wildman–Crippen LogP) is 4.08. The molecule has 4 nitrogen and oxygen atoms in total. The summed E-state index contributed by atoms with van der Waals surface area (Å²) in [5, 5.41) is 9.05.